The highest BCUT2D eigenvalue weighted by atomic mass is 32.2. The summed E-state index contributed by atoms with van der Waals surface area (Å²) in [4.78, 5) is 11.6. The Balaban J connectivity index is 2.28. The number of esters is 1. The van der Waals surface area contributed by atoms with Crippen molar-refractivity contribution in [1.29, 1.82) is 0 Å². The van der Waals surface area contributed by atoms with Gasteiger partial charge in [0.15, 0.2) is 0 Å². The van der Waals surface area contributed by atoms with Crippen LogP contribution in [-0.4, -0.2) is 27.5 Å². The number of methoxy groups -OCH3 is 1. The number of rotatable bonds is 5. The summed E-state index contributed by atoms with van der Waals surface area (Å²) in [6.07, 6.45) is 1.81. The maximum Gasteiger partial charge on any atom is 0.339 e. The predicted molar refractivity (Wildman–Crippen MR) is 70.3 cm³/mol. The normalized spacial score (nSPS) is 22.0. The molecule has 0 bridgehead atoms. The van der Waals surface area contributed by atoms with Crippen molar-refractivity contribution in [3.63, 3.8) is 0 Å². The van der Waals surface area contributed by atoms with E-state index < -0.39 is 16.0 Å². The summed E-state index contributed by atoms with van der Waals surface area (Å²) >= 11 is 0. The van der Waals surface area contributed by atoms with Crippen LogP contribution in [0.25, 0.3) is 0 Å². The molecule has 1 aliphatic rings. The fraction of sp³-hybridized carbons (Fsp3) is 0.462. The van der Waals surface area contributed by atoms with Crippen LogP contribution in [0.3, 0.4) is 0 Å². The smallest absolute Gasteiger partial charge is 0.339 e. The highest BCUT2D eigenvalue weighted by Gasteiger charge is 2.39. The second-order valence-corrected chi connectivity index (χ2v) is 6.30. The molecule has 2 atom stereocenters. The maximum absolute atomic E-state index is 12.3. The first-order chi connectivity index (χ1) is 8.99. The van der Waals surface area contributed by atoms with Crippen molar-refractivity contribution >= 4 is 16.0 Å². The molecule has 1 N–H and O–H groups in total. The molecule has 2 rings (SSSR count). The molecule has 104 valence electrons. The zero-order valence-electron chi connectivity index (χ0n) is 10.9. The number of nitrogens with one attached hydrogen (secondary N) is 1. The van der Waals surface area contributed by atoms with Crippen LogP contribution in [0.15, 0.2) is 29.2 Å². The van der Waals surface area contributed by atoms with Crippen LogP contribution >= 0.6 is 0 Å². The third-order valence-corrected chi connectivity index (χ3v) is 4.88. The van der Waals surface area contributed by atoms with Crippen molar-refractivity contribution in [2.24, 2.45) is 5.92 Å². The minimum Gasteiger partial charge on any atom is -0.465 e. The molecule has 6 heteroatoms. The van der Waals surface area contributed by atoms with Crippen LogP contribution in [0, 0.1) is 5.92 Å². The second-order valence-electron chi connectivity index (χ2n) is 4.62. The Morgan fingerprint density at radius 1 is 1.42 bits per heavy atom. The third kappa shape index (κ3) is 2.96. The van der Waals surface area contributed by atoms with Crippen LogP contribution in [0.5, 0.6) is 0 Å². The number of hydrogen-bond donors (Lipinski definition) is 1. The van der Waals surface area contributed by atoms with Crippen molar-refractivity contribution in [2.45, 2.75) is 30.7 Å². The zero-order valence-corrected chi connectivity index (χ0v) is 11.7. The van der Waals surface area contributed by atoms with Gasteiger partial charge in [0.05, 0.1) is 17.6 Å². The topological polar surface area (TPSA) is 72.5 Å². The van der Waals surface area contributed by atoms with Gasteiger partial charge in [0.25, 0.3) is 0 Å². The summed E-state index contributed by atoms with van der Waals surface area (Å²) in [6.45, 7) is 2.03. The Kier molecular flexibility index (Phi) is 3.91. The van der Waals surface area contributed by atoms with Crippen LogP contribution in [0.1, 0.15) is 30.1 Å². The monoisotopic (exact) mass is 283 g/mol. The molecule has 0 spiro atoms. The minimum absolute atomic E-state index is 0.0132. The zero-order chi connectivity index (χ0) is 14.0. The van der Waals surface area contributed by atoms with Crippen LogP contribution in [-0.2, 0) is 14.8 Å². The van der Waals surface area contributed by atoms with Crippen molar-refractivity contribution in [2.75, 3.05) is 7.11 Å². The molecular formula is C13H17NO4S. The molecule has 2 unspecified atom stereocenters. The average molecular weight is 283 g/mol. The van der Waals surface area contributed by atoms with Crippen molar-refractivity contribution < 1.29 is 17.9 Å². The second kappa shape index (κ2) is 5.30. The number of carbonyl (C=O) groups is 1. The van der Waals surface area contributed by atoms with E-state index in [0.29, 0.717) is 5.92 Å². The summed E-state index contributed by atoms with van der Waals surface area (Å²) in [5, 5.41) is 0. The molecule has 1 aliphatic carbocycles. The van der Waals surface area contributed by atoms with Crippen LogP contribution in [0.4, 0.5) is 0 Å². The van der Waals surface area contributed by atoms with Crippen LogP contribution < -0.4 is 4.72 Å². The largest absolute Gasteiger partial charge is 0.465 e. The first-order valence-corrected chi connectivity index (χ1v) is 7.67. The van der Waals surface area contributed by atoms with E-state index >= 15 is 0 Å². The summed E-state index contributed by atoms with van der Waals surface area (Å²) in [7, 11) is -2.45. The summed E-state index contributed by atoms with van der Waals surface area (Å²) in [5.74, 6) is -0.246. The summed E-state index contributed by atoms with van der Waals surface area (Å²) < 4.78 is 31.8. The number of hydrogen-bond acceptors (Lipinski definition) is 4. The standard InChI is InChI=1S/C13H17NO4S/c1-3-9-8-11(9)14-19(16,17)12-7-5-4-6-10(12)13(15)18-2/h4-7,9,11,14H,3,8H2,1-2H3. The van der Waals surface area contributed by atoms with E-state index in [1.165, 1.54) is 19.2 Å². The lowest BCUT2D eigenvalue weighted by atomic mass is 10.2. The van der Waals surface area contributed by atoms with E-state index in [9.17, 15) is 13.2 Å². The average Bonchev–Trinajstić information content (AvgIpc) is 3.15. The molecule has 1 fully saturated rings. The van der Waals surface area contributed by atoms with Crippen molar-refractivity contribution in [3.8, 4) is 0 Å². The third-order valence-electron chi connectivity index (χ3n) is 3.34. The van der Waals surface area contributed by atoms with Crippen LogP contribution in [0.2, 0.25) is 0 Å². The van der Waals surface area contributed by atoms with E-state index in [0.717, 1.165) is 12.8 Å². The first kappa shape index (κ1) is 14.0. The maximum atomic E-state index is 12.3. The number of benzene rings is 1. The Bertz CT molecular complexity index is 582. The minimum atomic E-state index is -3.68. The Morgan fingerprint density at radius 3 is 2.68 bits per heavy atom. The Labute approximate surface area is 113 Å². The Hall–Kier alpha value is -1.40. The quantitative estimate of drug-likeness (QED) is 0.832. The van der Waals surface area contributed by atoms with Gasteiger partial charge in [0.1, 0.15) is 0 Å². The van der Waals surface area contributed by atoms with Gasteiger partial charge in [-0.3, -0.25) is 0 Å². The first-order valence-electron chi connectivity index (χ1n) is 6.19. The van der Waals surface area contributed by atoms with Gasteiger partial charge in [-0.05, 0) is 24.5 Å². The van der Waals surface area contributed by atoms with Gasteiger partial charge in [-0.25, -0.2) is 17.9 Å². The molecule has 1 saturated carbocycles. The predicted octanol–water partition coefficient (Wildman–Crippen LogP) is 1.55. The lowest BCUT2D eigenvalue weighted by Crippen LogP contribution is -2.28. The highest BCUT2D eigenvalue weighted by molar-refractivity contribution is 7.89. The van der Waals surface area contributed by atoms with Gasteiger partial charge in [-0.15, -0.1) is 0 Å². The lowest BCUT2D eigenvalue weighted by Gasteiger charge is -2.09. The van der Waals surface area contributed by atoms with Gasteiger partial charge in [-0.1, -0.05) is 25.5 Å². The van der Waals surface area contributed by atoms with Gasteiger partial charge in [0.2, 0.25) is 10.0 Å². The fourth-order valence-corrected chi connectivity index (χ4v) is 3.60. The van der Waals surface area contributed by atoms with Gasteiger partial charge >= 0.3 is 5.97 Å². The van der Waals surface area contributed by atoms with E-state index in [2.05, 4.69) is 9.46 Å². The van der Waals surface area contributed by atoms with Crippen molar-refractivity contribution in [3.05, 3.63) is 29.8 Å². The molecule has 0 amide bonds. The van der Waals surface area contributed by atoms with Crippen molar-refractivity contribution in [1.82, 2.24) is 4.72 Å². The van der Waals surface area contributed by atoms with Gasteiger partial charge in [-0.2, -0.15) is 0 Å². The molecular weight excluding hydrogens is 266 g/mol. The Morgan fingerprint density at radius 2 is 2.11 bits per heavy atom. The van der Waals surface area contributed by atoms with E-state index in [-0.39, 0.29) is 16.5 Å². The molecule has 1 aromatic rings. The lowest BCUT2D eigenvalue weighted by molar-refractivity contribution is 0.0596. The summed E-state index contributed by atoms with van der Waals surface area (Å²) in [6, 6.07) is 6.05. The SMILES string of the molecule is CCC1CC1NS(=O)(=O)c1ccccc1C(=O)OC. The number of carbonyl (C=O) groups excluding carboxylic acids is 1. The van der Waals surface area contributed by atoms with Gasteiger partial charge < -0.3 is 4.74 Å². The van der Waals surface area contributed by atoms with E-state index in [4.69, 9.17) is 0 Å². The highest BCUT2D eigenvalue weighted by Crippen LogP contribution is 2.34. The number of ether oxygens (including phenoxy) is 1. The molecule has 0 aromatic heterocycles. The van der Waals surface area contributed by atoms with E-state index in [1.54, 1.807) is 12.1 Å². The molecule has 0 saturated heterocycles. The molecule has 0 heterocycles. The molecule has 0 radical (unpaired) electrons. The molecule has 19 heavy (non-hydrogen) atoms. The molecule has 1 aromatic carbocycles. The molecule has 0 aliphatic heterocycles. The molecule has 5 nitrogen and oxygen atoms in total. The van der Waals surface area contributed by atoms with Gasteiger partial charge in [0, 0.05) is 6.04 Å². The number of sulfonamides is 1. The summed E-state index contributed by atoms with van der Waals surface area (Å²) in [5.41, 5.74) is 0.0613. The fourth-order valence-electron chi connectivity index (χ4n) is 2.09. The van der Waals surface area contributed by atoms with E-state index in [1.807, 2.05) is 6.92 Å².